The van der Waals surface area contributed by atoms with Crippen LogP contribution in [0.1, 0.15) is 58.7 Å². The van der Waals surface area contributed by atoms with E-state index in [2.05, 4.69) is 136 Å². The predicted octanol–water partition coefficient (Wildman–Crippen LogP) is 7.93. The number of hydrogen-bond acceptors (Lipinski definition) is 0. The van der Waals surface area contributed by atoms with E-state index in [9.17, 15) is 0 Å². The molecule has 8 rings (SSSR count). The van der Waals surface area contributed by atoms with Crippen molar-refractivity contribution in [2.24, 2.45) is 5.92 Å². The Bertz CT molecular complexity index is 2160. The molecule has 1 aliphatic carbocycles. The van der Waals surface area contributed by atoms with Gasteiger partial charge in [-0.3, -0.25) is 0 Å². The van der Waals surface area contributed by atoms with E-state index in [0.717, 1.165) is 35.7 Å². The van der Waals surface area contributed by atoms with Crippen molar-refractivity contribution in [3.8, 4) is 22.3 Å². The number of fused-ring (bicyclic) bond motifs is 3. The molecule has 5 heteroatoms. The van der Waals surface area contributed by atoms with Crippen LogP contribution in [0, 0.1) is 18.9 Å². The molecule has 0 amide bonds. The number of halogens is 4. The number of hydrogen-bond donors (Lipinski definition) is 0. The van der Waals surface area contributed by atoms with E-state index in [0.29, 0.717) is 11.8 Å². The molecule has 56 heavy (non-hydrogen) atoms. The fraction of sp³-hybridized carbons (Fsp3) is 0.176. The first-order chi connectivity index (χ1) is 26.2. The molecule has 0 saturated carbocycles. The Morgan fingerprint density at radius 3 is 1.73 bits per heavy atom. The zero-order valence-electron chi connectivity index (χ0n) is 32.1. The van der Waals surface area contributed by atoms with Crippen LogP contribution in [0.15, 0.2) is 164 Å². The van der Waals surface area contributed by atoms with E-state index >= 15 is 0 Å². The smallest absolute Gasteiger partial charge is 0.172 e. The van der Waals surface area contributed by atoms with Gasteiger partial charge in [-0.15, -0.1) is 11.1 Å². The molecule has 0 spiro atoms. The Morgan fingerprint density at radius 2 is 1.21 bits per heavy atom. The van der Waals surface area contributed by atoms with Crippen molar-refractivity contribution in [1.82, 2.24) is 0 Å². The second kappa shape index (κ2) is 22.5. The summed E-state index contributed by atoms with van der Waals surface area (Å²) < 4.78 is 1.52. The van der Waals surface area contributed by atoms with E-state index < -0.39 is 0 Å². The molecule has 0 N–H and O–H groups in total. The topological polar surface area (TPSA) is 0 Å². The molecule has 1 unspecified atom stereocenters. The van der Waals surface area contributed by atoms with Gasteiger partial charge in [-0.05, 0) is 59.4 Å². The van der Waals surface area contributed by atoms with E-state index in [1.54, 1.807) is 0 Å². The maximum absolute atomic E-state index is 5.88. The molecule has 0 aliphatic heterocycles. The predicted molar refractivity (Wildman–Crippen MR) is 229 cm³/mol. The first-order valence-corrected chi connectivity index (χ1v) is 20.7. The zero-order valence-corrected chi connectivity index (χ0v) is 37.6. The fourth-order valence-corrected chi connectivity index (χ4v) is 8.38. The molecule has 0 aromatic heterocycles. The summed E-state index contributed by atoms with van der Waals surface area (Å²) in [5.74, 6) is 1.11. The minimum Gasteiger partial charge on any atom is -1.00 e. The van der Waals surface area contributed by atoms with Crippen LogP contribution >= 0.6 is 23.2 Å². The van der Waals surface area contributed by atoms with Gasteiger partial charge in [0.1, 0.15) is 0 Å². The van der Waals surface area contributed by atoms with Crippen molar-refractivity contribution >= 4 is 26.4 Å². The number of benzene rings is 6. The molecule has 0 bridgehead atoms. The first kappa shape index (κ1) is 45.3. The summed E-state index contributed by atoms with van der Waals surface area (Å²) in [5.41, 5.74) is 14.9. The van der Waals surface area contributed by atoms with Gasteiger partial charge in [-0.1, -0.05) is 92.2 Å². The fourth-order valence-electron chi connectivity index (χ4n) is 7.12. The Labute approximate surface area is 371 Å². The third-order valence-corrected chi connectivity index (χ3v) is 11.3. The third kappa shape index (κ3) is 12.8. The molecule has 0 fully saturated rings. The second-order valence-corrected chi connectivity index (χ2v) is 17.0. The van der Waals surface area contributed by atoms with Crippen LogP contribution in [-0.4, -0.2) is 3.21 Å². The van der Waals surface area contributed by atoms with Crippen LogP contribution < -0.4 is 24.8 Å². The van der Waals surface area contributed by atoms with E-state index in [-0.39, 0.29) is 24.8 Å². The summed E-state index contributed by atoms with van der Waals surface area (Å²) in [6, 6.07) is 61.0. The number of aryl methyl sites for hydroxylation is 1. The van der Waals surface area contributed by atoms with Crippen molar-refractivity contribution in [2.45, 2.75) is 52.4 Å². The normalized spacial score (nSPS) is 11.4. The zero-order chi connectivity index (χ0) is 37.9. The Morgan fingerprint density at radius 1 is 0.661 bits per heavy atom. The van der Waals surface area contributed by atoms with Crippen LogP contribution in [0.25, 0.3) is 22.3 Å². The van der Waals surface area contributed by atoms with Gasteiger partial charge in [0.25, 0.3) is 0 Å². The van der Waals surface area contributed by atoms with Gasteiger partial charge in [0.15, 0.2) is 0 Å². The van der Waals surface area contributed by atoms with Crippen LogP contribution in [0.2, 0.25) is 10.0 Å². The van der Waals surface area contributed by atoms with Gasteiger partial charge >= 0.3 is 133 Å². The second-order valence-electron chi connectivity index (χ2n) is 14.4. The van der Waals surface area contributed by atoms with Gasteiger partial charge in [-0.2, -0.15) is 42.0 Å². The van der Waals surface area contributed by atoms with Gasteiger partial charge < -0.3 is 24.8 Å². The largest absolute Gasteiger partial charge is 1.00 e. The average molecular weight is 892 g/mol. The van der Waals surface area contributed by atoms with E-state index in [1.165, 1.54) is 88.6 Å². The summed E-state index contributed by atoms with van der Waals surface area (Å²) in [7, 11) is 0. The summed E-state index contributed by atoms with van der Waals surface area (Å²) in [5, 5.41) is 1.59. The summed E-state index contributed by atoms with van der Waals surface area (Å²) in [6.45, 7) is 6.88. The molecule has 1 atom stereocenters. The molecule has 1 aliphatic rings. The maximum Gasteiger partial charge on any atom is -0.172 e. The van der Waals surface area contributed by atoms with Crippen molar-refractivity contribution in [3.05, 3.63) is 219 Å². The van der Waals surface area contributed by atoms with Gasteiger partial charge in [0, 0.05) is 0 Å². The Hall–Kier alpha value is -3.42. The van der Waals surface area contributed by atoms with Crippen LogP contribution in [0.5, 0.6) is 0 Å². The molecule has 284 valence electrons. The van der Waals surface area contributed by atoms with Crippen LogP contribution in [-0.2, 0) is 49.9 Å². The van der Waals surface area contributed by atoms with Gasteiger partial charge in [-0.25, -0.2) is 12.1 Å². The van der Waals surface area contributed by atoms with Crippen molar-refractivity contribution in [1.29, 1.82) is 0 Å². The summed E-state index contributed by atoms with van der Waals surface area (Å²) in [6.07, 6.45) is 4.08. The Kier molecular flexibility index (Phi) is 18.2. The minimum absolute atomic E-state index is 0. The van der Waals surface area contributed by atoms with E-state index in [1.807, 2.05) is 54.6 Å². The standard InChI is InChI=1S/C31H29.C15H12Cl2.C5H5.2ClH.Zr/c1-21(2)29(24-10-6-4-7-11-24)18-23-14-15-28-26(17-23)19-27-20-30(22(3)16-31(27)28)25-12-8-5-9-13-25;16-14-8-4-12(5-9-14)2-1-3-13-6-10-15(17)11-7-13;1-2-4-5-3-1;;;/h4-16,20-21,29H,18-19H2,1-3H3;4-11H,2-3H2;1-5H;2*1H;/q-1;;-1;;;+2/p-2. The molecule has 0 heterocycles. The first-order valence-electron chi connectivity index (χ1n) is 18.7. The van der Waals surface area contributed by atoms with Gasteiger partial charge in [0.05, 0.1) is 0 Å². The molecule has 7 aromatic carbocycles. The molecular formula is C51H46Cl4Zr-2. The van der Waals surface area contributed by atoms with Crippen molar-refractivity contribution in [3.63, 3.8) is 0 Å². The monoisotopic (exact) mass is 888 g/mol. The van der Waals surface area contributed by atoms with Gasteiger partial charge in [0.2, 0.25) is 0 Å². The molecule has 0 nitrogen and oxygen atoms in total. The van der Waals surface area contributed by atoms with E-state index in [4.69, 9.17) is 23.2 Å². The minimum atomic E-state index is 0. The van der Waals surface area contributed by atoms with Crippen molar-refractivity contribution in [2.75, 3.05) is 0 Å². The maximum atomic E-state index is 5.88. The molecule has 0 saturated heterocycles. The summed E-state index contributed by atoms with van der Waals surface area (Å²) in [4.78, 5) is 0. The molecule has 0 radical (unpaired) electrons. The number of rotatable bonds is 9. The van der Waals surface area contributed by atoms with Crippen molar-refractivity contribution < 1.29 is 49.0 Å². The van der Waals surface area contributed by atoms with Crippen LogP contribution in [0.4, 0.5) is 0 Å². The molecule has 7 aromatic rings. The quantitative estimate of drug-likeness (QED) is 0.129. The Balaban J connectivity index is 0.000000236. The van der Waals surface area contributed by atoms with Crippen LogP contribution in [0.3, 0.4) is 0 Å². The SMILES string of the molecule is Cc1cc2c(cc1-c1ccccc1)Cc1[c-]c(CC(c3ccccc3)C(C)C)ccc1-2.Clc1ccc(C[C](=[Zr+2])Cc2ccc(Cl)cc2)cc1.[Cl-].[Cl-].c1cc[cH-]c1. The average Bonchev–Trinajstić information content (AvgIpc) is 3.88. The molecular weight excluding hydrogens is 846 g/mol. The third-order valence-electron chi connectivity index (χ3n) is 9.97. The summed E-state index contributed by atoms with van der Waals surface area (Å²) >= 11 is 13.2.